The number of likely N-dealkylation sites (tertiary alicyclic amines) is 1. The minimum atomic E-state index is -0.159. The summed E-state index contributed by atoms with van der Waals surface area (Å²) in [6, 6.07) is 5.97. The molecule has 0 bridgehead atoms. The van der Waals surface area contributed by atoms with Crippen LogP contribution in [0.2, 0.25) is 0 Å². The number of fused-ring (bicyclic) bond motifs is 1. The Kier molecular flexibility index (Phi) is 3.63. The van der Waals surface area contributed by atoms with Crippen LogP contribution in [0.1, 0.15) is 6.42 Å². The number of carbonyl (C=O) groups is 1. The Hall–Kier alpha value is -2.92. The van der Waals surface area contributed by atoms with Crippen molar-refractivity contribution >= 4 is 33.3 Å². The number of H-pyrrole nitrogens is 1. The molecule has 0 unspecified atom stereocenters. The Morgan fingerprint density at radius 2 is 2.38 bits per heavy atom. The van der Waals surface area contributed by atoms with E-state index in [1.165, 1.54) is 11.3 Å². The molecule has 7 nitrogen and oxygen atoms in total. The minimum Gasteiger partial charge on any atom is -0.310 e. The molecule has 0 radical (unpaired) electrons. The molecule has 120 valence electrons. The van der Waals surface area contributed by atoms with Crippen molar-refractivity contribution in [3.05, 3.63) is 30.6 Å². The Bertz CT molecular complexity index is 939. The molecule has 3 heterocycles. The van der Waals surface area contributed by atoms with Crippen LogP contribution in [0.25, 0.3) is 21.3 Å². The summed E-state index contributed by atoms with van der Waals surface area (Å²) >= 11 is 1.43. The van der Waals surface area contributed by atoms with Gasteiger partial charge in [0.2, 0.25) is 5.91 Å². The molecule has 2 N–H and O–H groups in total. The number of thiazole rings is 1. The zero-order valence-electron chi connectivity index (χ0n) is 12.7. The maximum atomic E-state index is 12.3. The summed E-state index contributed by atoms with van der Waals surface area (Å²) < 4.78 is 0. The summed E-state index contributed by atoms with van der Waals surface area (Å²) in [4.78, 5) is 19.2. The van der Waals surface area contributed by atoms with Crippen molar-refractivity contribution < 1.29 is 4.79 Å². The second-order valence-corrected chi connectivity index (χ2v) is 6.72. The van der Waals surface area contributed by atoms with Crippen LogP contribution < -0.4 is 5.32 Å². The second-order valence-electron chi connectivity index (χ2n) is 5.69. The van der Waals surface area contributed by atoms with E-state index in [0.29, 0.717) is 24.6 Å². The molecule has 24 heavy (non-hydrogen) atoms. The smallest absolute Gasteiger partial charge is 0.231 e. The Balaban J connectivity index is 1.52. The summed E-state index contributed by atoms with van der Waals surface area (Å²) in [6.45, 7) is 1.12. The first-order valence-corrected chi connectivity index (χ1v) is 8.40. The van der Waals surface area contributed by atoms with Crippen LogP contribution in [0.5, 0.6) is 0 Å². The number of rotatable bonds is 3. The number of hydrogen-bond donors (Lipinski definition) is 2. The van der Waals surface area contributed by atoms with Gasteiger partial charge in [-0.15, -0.1) is 0 Å². The van der Waals surface area contributed by atoms with Gasteiger partial charge in [0, 0.05) is 30.2 Å². The van der Waals surface area contributed by atoms with Crippen molar-refractivity contribution in [1.29, 1.82) is 5.26 Å². The van der Waals surface area contributed by atoms with Gasteiger partial charge in [-0.2, -0.15) is 10.4 Å². The van der Waals surface area contributed by atoms with Gasteiger partial charge in [-0.05, 0) is 6.42 Å². The molecular formula is C16H14N6OS. The predicted octanol–water partition coefficient (Wildman–Crippen LogP) is 2.43. The first kappa shape index (κ1) is 14.7. The van der Waals surface area contributed by atoms with Gasteiger partial charge in [-0.1, -0.05) is 29.5 Å². The highest BCUT2D eigenvalue weighted by molar-refractivity contribution is 7.19. The molecule has 0 spiro atoms. The maximum absolute atomic E-state index is 12.3. The number of carbonyl (C=O) groups excluding carboxylic acids is 1. The lowest BCUT2D eigenvalue weighted by atomic mass is 10.1. The minimum absolute atomic E-state index is 0.0756. The molecule has 1 fully saturated rings. The fourth-order valence-corrected chi connectivity index (χ4v) is 3.75. The highest BCUT2D eigenvalue weighted by atomic mass is 32.1. The van der Waals surface area contributed by atoms with Crippen LogP contribution >= 0.6 is 11.3 Å². The SMILES string of the molecule is N#CN1CC[C@H](C(=O)Nc2ncc(-c3cccc4cn[nH]c34)s2)C1. The topological polar surface area (TPSA) is 97.7 Å². The molecule has 1 saturated heterocycles. The number of aromatic nitrogens is 3. The van der Waals surface area contributed by atoms with Crippen molar-refractivity contribution in [2.75, 3.05) is 18.4 Å². The third-order valence-corrected chi connectivity index (χ3v) is 5.12. The number of anilines is 1. The summed E-state index contributed by atoms with van der Waals surface area (Å²) in [7, 11) is 0. The average molecular weight is 338 g/mol. The van der Waals surface area contributed by atoms with E-state index in [1.54, 1.807) is 17.3 Å². The zero-order chi connectivity index (χ0) is 16.5. The molecule has 2 aromatic heterocycles. The first-order chi connectivity index (χ1) is 11.7. The lowest BCUT2D eigenvalue weighted by Crippen LogP contribution is -2.25. The molecule has 3 aromatic rings. The van der Waals surface area contributed by atoms with Crippen LogP contribution in [0.15, 0.2) is 30.6 Å². The standard InChI is InChI=1S/C16H14N6OS/c17-9-22-5-4-11(8-22)15(23)20-16-18-7-13(24-16)12-3-1-2-10-6-19-21-14(10)12/h1-3,6-7,11H,4-5,8H2,(H,19,21)(H,18,20,23)/t11-/m0/s1. The van der Waals surface area contributed by atoms with E-state index in [2.05, 4.69) is 26.7 Å². The quantitative estimate of drug-likeness (QED) is 0.715. The van der Waals surface area contributed by atoms with Gasteiger partial charge >= 0.3 is 0 Å². The summed E-state index contributed by atoms with van der Waals surface area (Å²) in [6.07, 6.45) is 6.32. The molecule has 0 saturated carbocycles. The molecule has 1 atom stereocenters. The summed E-state index contributed by atoms with van der Waals surface area (Å²) in [5.74, 6) is -0.235. The predicted molar refractivity (Wildman–Crippen MR) is 91.1 cm³/mol. The van der Waals surface area contributed by atoms with Gasteiger partial charge in [-0.25, -0.2) is 4.98 Å². The maximum Gasteiger partial charge on any atom is 0.231 e. The van der Waals surface area contributed by atoms with Gasteiger partial charge < -0.3 is 10.2 Å². The highest BCUT2D eigenvalue weighted by Gasteiger charge is 2.28. The fraction of sp³-hybridized carbons (Fsp3) is 0.250. The van der Waals surface area contributed by atoms with E-state index in [9.17, 15) is 4.79 Å². The van der Waals surface area contributed by atoms with Crippen molar-refractivity contribution in [2.24, 2.45) is 5.92 Å². The number of nitrogens with one attached hydrogen (secondary N) is 2. The molecule has 1 aliphatic heterocycles. The van der Waals surface area contributed by atoms with E-state index in [0.717, 1.165) is 21.3 Å². The normalized spacial score (nSPS) is 17.1. The number of amides is 1. The van der Waals surface area contributed by atoms with E-state index in [-0.39, 0.29) is 11.8 Å². The van der Waals surface area contributed by atoms with Gasteiger partial charge in [-0.3, -0.25) is 9.89 Å². The van der Waals surface area contributed by atoms with Crippen LogP contribution in [0, 0.1) is 17.4 Å². The highest BCUT2D eigenvalue weighted by Crippen LogP contribution is 2.33. The second kappa shape index (κ2) is 5.94. The molecule has 4 rings (SSSR count). The Morgan fingerprint density at radius 1 is 1.46 bits per heavy atom. The van der Waals surface area contributed by atoms with E-state index in [4.69, 9.17) is 5.26 Å². The average Bonchev–Trinajstić information content (AvgIpc) is 3.34. The van der Waals surface area contributed by atoms with Crippen LogP contribution in [0.4, 0.5) is 5.13 Å². The summed E-state index contributed by atoms with van der Waals surface area (Å²) in [5, 5.41) is 20.4. The zero-order valence-corrected chi connectivity index (χ0v) is 13.5. The van der Waals surface area contributed by atoms with E-state index in [1.807, 2.05) is 18.2 Å². The number of nitrogens with zero attached hydrogens (tertiary/aromatic N) is 4. The van der Waals surface area contributed by atoms with Crippen LogP contribution in [0.3, 0.4) is 0 Å². The molecule has 0 aliphatic carbocycles. The fourth-order valence-electron chi connectivity index (χ4n) is 2.90. The van der Waals surface area contributed by atoms with E-state index >= 15 is 0 Å². The van der Waals surface area contributed by atoms with Gasteiger partial charge in [0.05, 0.1) is 22.5 Å². The lowest BCUT2D eigenvalue weighted by Gasteiger charge is -2.08. The lowest BCUT2D eigenvalue weighted by molar-refractivity contribution is -0.119. The molecule has 1 amide bonds. The third kappa shape index (κ3) is 2.59. The van der Waals surface area contributed by atoms with Crippen LogP contribution in [-0.2, 0) is 4.79 Å². The molecule has 1 aliphatic rings. The third-order valence-electron chi connectivity index (χ3n) is 4.18. The summed E-state index contributed by atoms with van der Waals surface area (Å²) in [5.41, 5.74) is 1.97. The number of nitriles is 1. The number of benzene rings is 1. The van der Waals surface area contributed by atoms with Crippen molar-refractivity contribution in [2.45, 2.75) is 6.42 Å². The molecular weight excluding hydrogens is 324 g/mol. The van der Waals surface area contributed by atoms with Gasteiger partial charge in [0.1, 0.15) is 0 Å². The van der Waals surface area contributed by atoms with Crippen LogP contribution in [-0.4, -0.2) is 39.1 Å². The molecule has 1 aromatic carbocycles. The first-order valence-electron chi connectivity index (χ1n) is 7.58. The number of para-hydroxylation sites is 1. The number of aromatic amines is 1. The van der Waals surface area contributed by atoms with Gasteiger partial charge in [0.25, 0.3) is 0 Å². The Morgan fingerprint density at radius 3 is 3.21 bits per heavy atom. The van der Waals surface area contributed by atoms with Crippen molar-refractivity contribution in [1.82, 2.24) is 20.1 Å². The van der Waals surface area contributed by atoms with Crippen molar-refractivity contribution in [3.63, 3.8) is 0 Å². The number of hydrogen-bond acceptors (Lipinski definition) is 6. The largest absolute Gasteiger partial charge is 0.310 e. The van der Waals surface area contributed by atoms with E-state index < -0.39 is 0 Å². The molecule has 8 heteroatoms. The van der Waals surface area contributed by atoms with Gasteiger partial charge in [0.15, 0.2) is 11.3 Å². The monoisotopic (exact) mass is 338 g/mol. The van der Waals surface area contributed by atoms with Crippen molar-refractivity contribution in [3.8, 4) is 16.6 Å². The Labute approximate surface area is 141 Å².